The zero-order chi connectivity index (χ0) is 19.2. The lowest BCUT2D eigenvalue weighted by Crippen LogP contribution is -2.27. The number of ether oxygens (including phenoxy) is 1. The van der Waals surface area contributed by atoms with Gasteiger partial charge in [-0.2, -0.15) is 18.3 Å². The van der Waals surface area contributed by atoms with Crippen LogP contribution in [0.3, 0.4) is 0 Å². The highest BCUT2D eigenvalue weighted by molar-refractivity contribution is 5.44. The van der Waals surface area contributed by atoms with Gasteiger partial charge in [-0.15, -0.1) is 0 Å². The molecule has 0 radical (unpaired) electrons. The Bertz CT molecular complexity index is 811. The van der Waals surface area contributed by atoms with Crippen LogP contribution in [0, 0.1) is 5.92 Å². The van der Waals surface area contributed by atoms with Crippen LogP contribution in [-0.4, -0.2) is 52.3 Å². The van der Waals surface area contributed by atoms with E-state index in [0.717, 1.165) is 56.3 Å². The van der Waals surface area contributed by atoms with Crippen LogP contribution in [0.4, 0.5) is 13.2 Å². The van der Waals surface area contributed by atoms with Crippen LogP contribution in [0.5, 0.6) is 0 Å². The van der Waals surface area contributed by atoms with Gasteiger partial charge in [0.2, 0.25) is 0 Å². The Labute approximate surface area is 156 Å². The molecule has 0 aliphatic carbocycles. The Morgan fingerprint density at radius 3 is 2.74 bits per heavy atom. The first-order valence-corrected chi connectivity index (χ1v) is 9.59. The van der Waals surface area contributed by atoms with Crippen LogP contribution in [0.2, 0.25) is 0 Å². The fourth-order valence-electron chi connectivity index (χ4n) is 4.04. The van der Waals surface area contributed by atoms with Gasteiger partial charge in [0.25, 0.3) is 0 Å². The van der Waals surface area contributed by atoms with Crippen LogP contribution >= 0.6 is 0 Å². The average molecular weight is 382 g/mol. The molecular formula is C19H25F3N4O. The molecule has 2 aromatic heterocycles. The van der Waals surface area contributed by atoms with E-state index in [-0.39, 0.29) is 17.5 Å². The van der Waals surface area contributed by atoms with E-state index < -0.39 is 11.9 Å². The van der Waals surface area contributed by atoms with Gasteiger partial charge in [0.15, 0.2) is 5.65 Å². The number of hydrogen-bond donors (Lipinski definition) is 0. The maximum atomic E-state index is 13.5. The maximum absolute atomic E-state index is 13.5. The molecule has 2 saturated heterocycles. The number of rotatable bonds is 4. The molecule has 4 rings (SSSR count). The van der Waals surface area contributed by atoms with Crippen molar-refractivity contribution >= 4 is 5.65 Å². The highest BCUT2D eigenvalue weighted by Gasteiger charge is 2.36. The van der Waals surface area contributed by atoms with Crippen molar-refractivity contribution in [1.82, 2.24) is 19.5 Å². The Hall–Kier alpha value is -1.67. The molecule has 0 aromatic carbocycles. The number of aromatic nitrogens is 3. The number of nitrogens with zero attached hydrogens (tertiary/aromatic N) is 4. The molecule has 0 N–H and O–H groups in total. The third-order valence-electron chi connectivity index (χ3n) is 5.58. The predicted molar refractivity (Wildman–Crippen MR) is 94.8 cm³/mol. The second-order valence-corrected chi connectivity index (χ2v) is 8.03. The molecule has 0 amide bonds. The monoisotopic (exact) mass is 382 g/mol. The zero-order valence-corrected chi connectivity index (χ0v) is 15.7. The fraction of sp³-hybridized carbons (Fsp3) is 0.684. The molecule has 0 bridgehead atoms. The minimum absolute atomic E-state index is 0.0787. The molecule has 5 nitrogen and oxygen atoms in total. The third-order valence-corrected chi connectivity index (χ3v) is 5.58. The van der Waals surface area contributed by atoms with E-state index in [2.05, 4.69) is 15.0 Å². The molecule has 27 heavy (non-hydrogen) atoms. The Morgan fingerprint density at radius 1 is 1.26 bits per heavy atom. The average Bonchev–Trinajstić information content (AvgIpc) is 3.33. The Morgan fingerprint density at radius 2 is 2.07 bits per heavy atom. The summed E-state index contributed by atoms with van der Waals surface area (Å²) in [5, 5.41) is 4.31. The quantitative estimate of drug-likeness (QED) is 0.809. The van der Waals surface area contributed by atoms with Crippen molar-refractivity contribution in [3.63, 3.8) is 0 Å². The van der Waals surface area contributed by atoms with Crippen molar-refractivity contribution in [2.75, 3.05) is 32.8 Å². The van der Waals surface area contributed by atoms with E-state index in [0.29, 0.717) is 17.3 Å². The molecule has 2 fully saturated rings. The summed E-state index contributed by atoms with van der Waals surface area (Å²) in [5.41, 5.74) is 0.682. The lowest BCUT2D eigenvalue weighted by Gasteiger charge is -2.18. The van der Waals surface area contributed by atoms with Gasteiger partial charge in [0.05, 0.1) is 12.3 Å². The molecule has 2 atom stereocenters. The van der Waals surface area contributed by atoms with Crippen molar-refractivity contribution in [1.29, 1.82) is 0 Å². The van der Waals surface area contributed by atoms with Gasteiger partial charge in [0.1, 0.15) is 5.69 Å². The number of likely N-dealkylation sites (tertiary alicyclic amines) is 1. The van der Waals surface area contributed by atoms with Gasteiger partial charge in [0, 0.05) is 37.4 Å². The Balaban J connectivity index is 1.59. The predicted octanol–water partition coefficient (Wildman–Crippen LogP) is 3.70. The second kappa shape index (κ2) is 7.05. The van der Waals surface area contributed by atoms with Crippen molar-refractivity contribution in [3.05, 3.63) is 29.2 Å². The SMILES string of the molecule is CC(C)c1cc(C(F)(F)F)n2nc(C3CCN(CC4CCOC4)C3)cc2n1. The zero-order valence-electron chi connectivity index (χ0n) is 15.7. The highest BCUT2D eigenvalue weighted by Crippen LogP contribution is 2.33. The van der Waals surface area contributed by atoms with E-state index in [1.807, 2.05) is 13.8 Å². The lowest BCUT2D eigenvalue weighted by atomic mass is 10.1. The van der Waals surface area contributed by atoms with E-state index in [4.69, 9.17) is 4.74 Å². The molecule has 148 valence electrons. The Kier molecular flexibility index (Phi) is 4.88. The van der Waals surface area contributed by atoms with Crippen LogP contribution < -0.4 is 0 Å². The largest absolute Gasteiger partial charge is 0.433 e. The van der Waals surface area contributed by atoms with Crippen LogP contribution in [0.25, 0.3) is 5.65 Å². The molecular weight excluding hydrogens is 357 g/mol. The van der Waals surface area contributed by atoms with Gasteiger partial charge < -0.3 is 9.64 Å². The number of alkyl halides is 3. The minimum atomic E-state index is -4.46. The van der Waals surface area contributed by atoms with Crippen molar-refractivity contribution in [2.45, 2.75) is 44.7 Å². The molecule has 4 heterocycles. The summed E-state index contributed by atoms with van der Waals surface area (Å²) in [6, 6.07) is 2.85. The van der Waals surface area contributed by atoms with Crippen molar-refractivity contribution < 1.29 is 17.9 Å². The first-order chi connectivity index (χ1) is 12.8. The minimum Gasteiger partial charge on any atom is -0.381 e. The smallest absolute Gasteiger partial charge is 0.381 e. The summed E-state index contributed by atoms with van der Waals surface area (Å²) in [6.45, 7) is 8.11. The molecule has 8 heteroatoms. The maximum Gasteiger partial charge on any atom is 0.433 e. The standard InChI is InChI=1S/C19H25F3N4O/c1-12(2)15-7-17(19(20,21)22)26-18(23-15)8-16(24-26)14-3-5-25(10-14)9-13-4-6-27-11-13/h7-8,12-14H,3-6,9-11H2,1-2H3. The van der Waals surface area contributed by atoms with Crippen LogP contribution in [0.15, 0.2) is 12.1 Å². The van der Waals surface area contributed by atoms with Gasteiger partial charge in [-0.1, -0.05) is 13.8 Å². The van der Waals surface area contributed by atoms with Crippen LogP contribution in [0.1, 0.15) is 55.6 Å². The van der Waals surface area contributed by atoms with Crippen molar-refractivity contribution in [3.8, 4) is 0 Å². The van der Waals surface area contributed by atoms with Gasteiger partial charge in [-0.05, 0) is 37.3 Å². The van der Waals surface area contributed by atoms with Gasteiger partial charge >= 0.3 is 6.18 Å². The number of halogens is 3. The second-order valence-electron chi connectivity index (χ2n) is 8.03. The van der Waals surface area contributed by atoms with E-state index in [1.165, 1.54) is 0 Å². The van der Waals surface area contributed by atoms with Crippen molar-refractivity contribution in [2.24, 2.45) is 5.92 Å². The summed E-state index contributed by atoms with van der Waals surface area (Å²) in [5.74, 6) is 0.638. The summed E-state index contributed by atoms with van der Waals surface area (Å²) >= 11 is 0. The lowest BCUT2D eigenvalue weighted by molar-refractivity contribution is -0.142. The van der Waals surface area contributed by atoms with Crippen LogP contribution in [-0.2, 0) is 10.9 Å². The highest BCUT2D eigenvalue weighted by atomic mass is 19.4. The molecule has 2 aliphatic heterocycles. The third kappa shape index (κ3) is 3.82. The topological polar surface area (TPSA) is 42.7 Å². The molecule has 2 unspecified atom stereocenters. The summed E-state index contributed by atoms with van der Waals surface area (Å²) in [6.07, 6.45) is -2.46. The number of fused-ring (bicyclic) bond motifs is 1. The fourth-order valence-corrected chi connectivity index (χ4v) is 4.04. The molecule has 0 saturated carbocycles. The van der Waals surface area contributed by atoms with E-state index >= 15 is 0 Å². The summed E-state index contributed by atoms with van der Waals surface area (Å²) in [4.78, 5) is 6.79. The van der Waals surface area contributed by atoms with E-state index in [9.17, 15) is 13.2 Å². The molecule has 2 aliphatic rings. The molecule has 0 spiro atoms. The summed E-state index contributed by atoms with van der Waals surface area (Å²) < 4.78 is 47.0. The normalized spacial score (nSPS) is 24.5. The van der Waals surface area contributed by atoms with E-state index in [1.54, 1.807) is 6.07 Å². The number of hydrogen-bond acceptors (Lipinski definition) is 4. The van der Waals surface area contributed by atoms with Gasteiger partial charge in [-0.25, -0.2) is 9.50 Å². The first kappa shape index (κ1) is 18.7. The molecule has 2 aromatic rings. The summed E-state index contributed by atoms with van der Waals surface area (Å²) in [7, 11) is 0. The first-order valence-electron chi connectivity index (χ1n) is 9.59. The van der Waals surface area contributed by atoms with Gasteiger partial charge in [-0.3, -0.25) is 0 Å².